The van der Waals surface area contributed by atoms with E-state index in [2.05, 4.69) is 0 Å². The molecule has 3 aromatic rings. The summed E-state index contributed by atoms with van der Waals surface area (Å²) in [4.78, 5) is 27.1. The first-order chi connectivity index (χ1) is 12.6. The van der Waals surface area contributed by atoms with E-state index in [1.807, 2.05) is 60.7 Å². The van der Waals surface area contributed by atoms with Crippen LogP contribution in [0.25, 0.3) is 10.8 Å². The number of rotatable bonds is 3. The molecule has 0 N–H and O–H groups in total. The van der Waals surface area contributed by atoms with Crippen LogP contribution in [0.15, 0.2) is 66.7 Å². The lowest BCUT2D eigenvalue weighted by atomic mass is 10.0. The maximum Gasteiger partial charge on any atom is 0.339 e. The molecule has 0 aliphatic carbocycles. The molecule has 1 aliphatic heterocycles. The monoisotopic (exact) mass is 345 g/mol. The second-order valence-electron chi connectivity index (χ2n) is 6.44. The molecule has 1 aliphatic rings. The van der Waals surface area contributed by atoms with E-state index in [0.717, 1.165) is 28.4 Å². The van der Waals surface area contributed by atoms with Gasteiger partial charge in [-0.15, -0.1) is 0 Å². The molecule has 1 amide bonds. The van der Waals surface area contributed by atoms with Crippen LogP contribution in [-0.4, -0.2) is 24.5 Å². The molecule has 3 aromatic carbocycles. The van der Waals surface area contributed by atoms with Crippen LogP contribution in [0.1, 0.15) is 22.8 Å². The molecule has 0 spiro atoms. The predicted molar refractivity (Wildman–Crippen MR) is 101 cm³/mol. The molecule has 1 heterocycles. The van der Waals surface area contributed by atoms with E-state index in [4.69, 9.17) is 4.74 Å². The highest BCUT2D eigenvalue weighted by atomic mass is 16.5. The van der Waals surface area contributed by atoms with Crippen LogP contribution in [0.4, 0.5) is 5.69 Å². The number of hydrogen-bond acceptors (Lipinski definition) is 3. The molecular weight excluding hydrogens is 326 g/mol. The van der Waals surface area contributed by atoms with Gasteiger partial charge in [0.25, 0.3) is 5.91 Å². The Hall–Kier alpha value is -3.14. The number of amides is 1. The Bertz CT molecular complexity index is 990. The van der Waals surface area contributed by atoms with Crippen molar-refractivity contribution in [2.45, 2.75) is 19.4 Å². The number of hydrogen-bond donors (Lipinski definition) is 0. The van der Waals surface area contributed by atoms with Gasteiger partial charge in [-0.25, -0.2) is 4.79 Å². The van der Waals surface area contributed by atoms with Crippen molar-refractivity contribution in [3.63, 3.8) is 0 Å². The van der Waals surface area contributed by atoms with Gasteiger partial charge in [0, 0.05) is 12.2 Å². The van der Waals surface area contributed by atoms with Crippen LogP contribution >= 0.6 is 0 Å². The molecular formula is C22H19NO3. The van der Waals surface area contributed by atoms with Crippen molar-refractivity contribution < 1.29 is 14.3 Å². The maximum atomic E-state index is 12.8. The summed E-state index contributed by atoms with van der Waals surface area (Å²) in [6.45, 7) is 2.25. The van der Waals surface area contributed by atoms with Gasteiger partial charge in [0.15, 0.2) is 6.10 Å². The topological polar surface area (TPSA) is 46.6 Å². The van der Waals surface area contributed by atoms with Gasteiger partial charge < -0.3 is 9.64 Å². The minimum Gasteiger partial charge on any atom is -0.449 e. The smallest absolute Gasteiger partial charge is 0.339 e. The zero-order valence-corrected chi connectivity index (χ0v) is 14.5. The lowest BCUT2D eigenvalue weighted by Gasteiger charge is -2.22. The Morgan fingerprint density at radius 3 is 2.58 bits per heavy atom. The maximum absolute atomic E-state index is 12.8. The largest absolute Gasteiger partial charge is 0.449 e. The van der Waals surface area contributed by atoms with Crippen molar-refractivity contribution in [3.8, 4) is 0 Å². The van der Waals surface area contributed by atoms with Gasteiger partial charge in [0.05, 0.1) is 5.56 Å². The molecule has 1 unspecified atom stereocenters. The molecule has 26 heavy (non-hydrogen) atoms. The van der Waals surface area contributed by atoms with Crippen LogP contribution in [0.3, 0.4) is 0 Å². The number of esters is 1. The number of carbonyl (C=O) groups excluding carboxylic acids is 2. The molecule has 130 valence electrons. The zero-order chi connectivity index (χ0) is 18.1. The van der Waals surface area contributed by atoms with E-state index in [9.17, 15) is 9.59 Å². The summed E-state index contributed by atoms with van der Waals surface area (Å²) in [6, 6.07) is 21.0. The summed E-state index contributed by atoms with van der Waals surface area (Å²) in [7, 11) is 0. The van der Waals surface area contributed by atoms with E-state index in [-0.39, 0.29) is 5.91 Å². The molecule has 0 radical (unpaired) electrons. The third-order valence-electron chi connectivity index (χ3n) is 4.79. The summed E-state index contributed by atoms with van der Waals surface area (Å²) >= 11 is 0. The van der Waals surface area contributed by atoms with Gasteiger partial charge in [-0.3, -0.25) is 4.79 Å². The highest BCUT2D eigenvalue weighted by Gasteiger charge is 2.30. The van der Waals surface area contributed by atoms with E-state index in [0.29, 0.717) is 12.1 Å². The first-order valence-corrected chi connectivity index (χ1v) is 8.73. The number of benzene rings is 3. The second-order valence-corrected chi connectivity index (χ2v) is 6.44. The summed E-state index contributed by atoms with van der Waals surface area (Å²) in [5.41, 5.74) is 2.53. The van der Waals surface area contributed by atoms with Crippen LogP contribution in [0.5, 0.6) is 0 Å². The number of carbonyl (C=O) groups is 2. The molecule has 1 atom stereocenters. The average Bonchev–Trinajstić information content (AvgIpc) is 3.11. The molecule has 0 bridgehead atoms. The Labute approximate surface area is 152 Å². The van der Waals surface area contributed by atoms with Crippen LogP contribution < -0.4 is 4.90 Å². The molecule has 4 rings (SSSR count). The quantitative estimate of drug-likeness (QED) is 0.675. The Morgan fingerprint density at radius 1 is 0.962 bits per heavy atom. The Balaban J connectivity index is 1.54. The highest BCUT2D eigenvalue weighted by molar-refractivity contribution is 6.06. The lowest BCUT2D eigenvalue weighted by molar-refractivity contribution is -0.126. The minimum absolute atomic E-state index is 0.191. The molecule has 4 nitrogen and oxygen atoms in total. The first kappa shape index (κ1) is 16.3. The Kier molecular flexibility index (Phi) is 4.17. The van der Waals surface area contributed by atoms with Crippen molar-refractivity contribution >= 4 is 28.3 Å². The molecule has 4 heteroatoms. The van der Waals surface area contributed by atoms with Crippen molar-refractivity contribution in [2.75, 3.05) is 11.4 Å². The Morgan fingerprint density at radius 2 is 1.69 bits per heavy atom. The molecule has 0 saturated heterocycles. The number of para-hydroxylation sites is 1. The van der Waals surface area contributed by atoms with Gasteiger partial charge in [0.1, 0.15) is 0 Å². The van der Waals surface area contributed by atoms with Gasteiger partial charge >= 0.3 is 5.97 Å². The number of anilines is 1. The van der Waals surface area contributed by atoms with E-state index in [1.54, 1.807) is 17.9 Å². The van der Waals surface area contributed by atoms with Crippen molar-refractivity contribution in [1.82, 2.24) is 0 Å². The fourth-order valence-corrected chi connectivity index (χ4v) is 3.46. The van der Waals surface area contributed by atoms with Crippen LogP contribution in [0.2, 0.25) is 0 Å². The minimum atomic E-state index is -0.840. The van der Waals surface area contributed by atoms with E-state index < -0.39 is 12.1 Å². The second kappa shape index (κ2) is 6.64. The SMILES string of the molecule is CC(OC(=O)c1cccc2ccccc12)C(=O)N1CCc2ccccc21. The first-order valence-electron chi connectivity index (χ1n) is 8.73. The van der Waals surface area contributed by atoms with E-state index in [1.165, 1.54) is 0 Å². The van der Waals surface area contributed by atoms with Gasteiger partial charge in [-0.2, -0.15) is 0 Å². The summed E-state index contributed by atoms with van der Waals surface area (Å²) in [5, 5.41) is 1.79. The molecule has 0 saturated carbocycles. The van der Waals surface area contributed by atoms with E-state index >= 15 is 0 Å². The van der Waals surface area contributed by atoms with Crippen LogP contribution in [0, 0.1) is 0 Å². The summed E-state index contributed by atoms with van der Waals surface area (Å²) in [6.07, 6.45) is -0.0149. The normalized spacial score (nSPS) is 14.1. The summed E-state index contributed by atoms with van der Waals surface area (Å²) in [5.74, 6) is -0.668. The fraction of sp³-hybridized carbons (Fsp3) is 0.182. The molecule has 0 fully saturated rings. The molecule has 0 aromatic heterocycles. The van der Waals surface area contributed by atoms with Crippen LogP contribution in [-0.2, 0) is 16.0 Å². The standard InChI is InChI=1S/C22H19NO3/c1-15(21(24)23-14-13-17-8-3-5-12-20(17)23)26-22(25)19-11-6-9-16-7-2-4-10-18(16)19/h2-12,15H,13-14H2,1H3. The third-order valence-corrected chi connectivity index (χ3v) is 4.79. The predicted octanol–water partition coefficient (Wildman–Crippen LogP) is 3.97. The van der Waals surface area contributed by atoms with Crippen molar-refractivity contribution in [2.24, 2.45) is 0 Å². The highest BCUT2D eigenvalue weighted by Crippen LogP contribution is 2.28. The third kappa shape index (κ3) is 2.84. The average molecular weight is 345 g/mol. The fourth-order valence-electron chi connectivity index (χ4n) is 3.46. The number of fused-ring (bicyclic) bond motifs is 2. The lowest BCUT2D eigenvalue weighted by Crippen LogP contribution is -2.39. The van der Waals surface area contributed by atoms with Gasteiger partial charge in [-0.05, 0) is 41.8 Å². The van der Waals surface area contributed by atoms with Crippen molar-refractivity contribution in [1.29, 1.82) is 0 Å². The van der Waals surface area contributed by atoms with Gasteiger partial charge in [0.2, 0.25) is 0 Å². The van der Waals surface area contributed by atoms with Gasteiger partial charge in [-0.1, -0.05) is 54.6 Å². The van der Waals surface area contributed by atoms with Crippen molar-refractivity contribution in [3.05, 3.63) is 77.9 Å². The summed E-state index contributed by atoms with van der Waals surface area (Å²) < 4.78 is 5.50. The zero-order valence-electron chi connectivity index (χ0n) is 14.5. The number of ether oxygens (including phenoxy) is 1. The number of nitrogens with zero attached hydrogens (tertiary/aromatic N) is 1.